The van der Waals surface area contributed by atoms with E-state index in [0.29, 0.717) is 11.1 Å². The largest absolute Gasteiger partial charge is 0.508 e. The van der Waals surface area contributed by atoms with Crippen LogP contribution in [0.5, 0.6) is 5.75 Å². The summed E-state index contributed by atoms with van der Waals surface area (Å²) in [4.78, 5) is 57.9. The van der Waals surface area contributed by atoms with Gasteiger partial charge in [-0.1, -0.05) is 30.3 Å². The normalized spacial score (nSPS) is 13.0. The Hall–Kier alpha value is -5.11. The number of nitrogens with two attached hydrogens (primary N) is 3. The van der Waals surface area contributed by atoms with E-state index in [2.05, 4.69) is 25.9 Å². The predicted molar refractivity (Wildman–Crippen MR) is 156 cm³/mol. The highest BCUT2D eigenvalue weighted by atomic mass is 16.4. The zero-order chi connectivity index (χ0) is 30.6. The minimum atomic E-state index is -1.29. The van der Waals surface area contributed by atoms with Gasteiger partial charge in [-0.15, -0.1) is 0 Å². The van der Waals surface area contributed by atoms with Crippen LogP contribution in [0.3, 0.4) is 0 Å². The van der Waals surface area contributed by atoms with Crippen LogP contribution in [0.15, 0.2) is 59.7 Å². The summed E-state index contributed by atoms with van der Waals surface area (Å²) in [5.41, 5.74) is 18.3. The number of aliphatic carboxylic acids is 1. The molecule has 0 radical (unpaired) electrons. The molecule has 0 aliphatic heterocycles. The molecule has 0 fully saturated rings. The molecule has 3 amide bonds. The van der Waals surface area contributed by atoms with E-state index in [1.807, 2.05) is 24.3 Å². The fourth-order valence-corrected chi connectivity index (χ4v) is 4.37. The maximum atomic E-state index is 13.4. The first-order chi connectivity index (χ1) is 20.1. The van der Waals surface area contributed by atoms with Crippen LogP contribution in [0.1, 0.15) is 24.0 Å². The lowest BCUT2D eigenvalue weighted by atomic mass is 10.0. The van der Waals surface area contributed by atoms with Crippen LogP contribution in [0, 0.1) is 0 Å². The van der Waals surface area contributed by atoms with Gasteiger partial charge in [0.25, 0.3) is 0 Å². The number of phenols is 1. The van der Waals surface area contributed by atoms with E-state index in [1.165, 1.54) is 12.1 Å². The molecule has 3 atom stereocenters. The Morgan fingerprint density at radius 1 is 0.881 bits per heavy atom. The average molecular weight is 581 g/mol. The van der Waals surface area contributed by atoms with Crippen molar-refractivity contribution in [3.05, 3.63) is 65.9 Å². The van der Waals surface area contributed by atoms with Crippen LogP contribution in [-0.4, -0.2) is 76.1 Å². The number of H-pyrrole nitrogens is 1. The topological polar surface area (TPSA) is 251 Å². The van der Waals surface area contributed by atoms with Crippen molar-refractivity contribution in [3.63, 3.8) is 0 Å². The van der Waals surface area contributed by atoms with E-state index in [0.717, 1.165) is 10.9 Å². The van der Waals surface area contributed by atoms with Crippen molar-refractivity contribution in [2.45, 2.75) is 43.8 Å². The number of fused-ring (bicyclic) bond motifs is 1. The second kappa shape index (κ2) is 15.0. The lowest BCUT2D eigenvalue weighted by Gasteiger charge is -2.24. The molecule has 0 aliphatic rings. The minimum absolute atomic E-state index is 0.00418. The molecule has 14 heteroatoms. The van der Waals surface area contributed by atoms with Gasteiger partial charge in [0.1, 0.15) is 23.9 Å². The second-order valence-corrected chi connectivity index (χ2v) is 9.67. The number of benzene rings is 2. The van der Waals surface area contributed by atoms with Crippen LogP contribution in [-0.2, 0) is 32.0 Å². The van der Waals surface area contributed by atoms with Crippen molar-refractivity contribution in [2.24, 2.45) is 22.2 Å². The molecule has 3 rings (SSSR count). The number of aliphatic imine (C=N–C) groups is 1. The molecule has 0 saturated carbocycles. The standard InChI is InChI=1S/C28H36N8O6/c29-14-24(38)34-22(12-16-7-9-18(37)10-8-16)26(40)35-21(6-3-11-32-28(30)31)25(39)36-23(27(41)42)13-17-15-33-20-5-2-1-4-19(17)20/h1-2,4-5,7-10,15,21-23,33,37H,3,6,11-14,29H2,(H,34,38)(H,35,40)(H,36,39)(H,41,42)(H4,30,31,32). The number of hydrogen-bond donors (Lipinski definition) is 9. The molecule has 1 heterocycles. The molecule has 0 spiro atoms. The Balaban J connectivity index is 1.79. The van der Waals surface area contributed by atoms with Gasteiger partial charge >= 0.3 is 5.97 Å². The first-order valence-corrected chi connectivity index (χ1v) is 13.3. The number of rotatable bonds is 15. The predicted octanol–water partition coefficient (Wildman–Crippen LogP) is -0.790. The molecule has 42 heavy (non-hydrogen) atoms. The number of carbonyl (C=O) groups excluding carboxylic acids is 3. The molecule has 3 aromatic rings. The monoisotopic (exact) mass is 580 g/mol. The maximum Gasteiger partial charge on any atom is 0.326 e. The maximum absolute atomic E-state index is 13.4. The Labute approximate surface area is 241 Å². The number of aromatic nitrogens is 1. The van der Waals surface area contributed by atoms with Crippen molar-refractivity contribution in [3.8, 4) is 5.75 Å². The Bertz CT molecular complexity index is 1420. The van der Waals surface area contributed by atoms with E-state index in [-0.39, 0.29) is 50.5 Å². The number of nitrogens with zero attached hydrogens (tertiary/aromatic N) is 1. The molecule has 1 aromatic heterocycles. The SMILES string of the molecule is NCC(=O)NC(Cc1ccc(O)cc1)C(=O)NC(CCCN=C(N)N)C(=O)NC(Cc1c[nH]c2ccccc12)C(=O)O. The second-order valence-electron chi connectivity index (χ2n) is 9.67. The third-order valence-corrected chi connectivity index (χ3v) is 6.51. The van der Waals surface area contributed by atoms with Gasteiger partial charge in [0.2, 0.25) is 17.7 Å². The number of carboxylic acids is 1. The highest BCUT2D eigenvalue weighted by Crippen LogP contribution is 2.19. The van der Waals surface area contributed by atoms with E-state index in [9.17, 15) is 29.4 Å². The van der Waals surface area contributed by atoms with Gasteiger partial charge in [0.05, 0.1) is 6.54 Å². The number of aromatic amines is 1. The van der Waals surface area contributed by atoms with Gasteiger partial charge in [-0.25, -0.2) is 4.79 Å². The van der Waals surface area contributed by atoms with Crippen LogP contribution in [0.4, 0.5) is 0 Å². The number of nitrogens with one attached hydrogen (secondary N) is 4. The van der Waals surface area contributed by atoms with Crippen molar-refractivity contribution in [2.75, 3.05) is 13.1 Å². The fraction of sp³-hybridized carbons (Fsp3) is 0.321. The van der Waals surface area contributed by atoms with Crippen molar-refractivity contribution in [1.82, 2.24) is 20.9 Å². The number of para-hydroxylation sites is 1. The van der Waals surface area contributed by atoms with Gasteiger partial charge in [-0.05, 0) is 42.2 Å². The summed E-state index contributed by atoms with van der Waals surface area (Å²) in [6.45, 7) is -0.198. The molecular weight excluding hydrogens is 544 g/mol. The number of aromatic hydroxyl groups is 1. The smallest absolute Gasteiger partial charge is 0.326 e. The molecule has 0 aliphatic carbocycles. The average Bonchev–Trinajstić information content (AvgIpc) is 3.37. The summed E-state index contributed by atoms with van der Waals surface area (Å²) in [6, 6.07) is 9.85. The number of amides is 3. The molecular formula is C28H36N8O6. The number of hydrogen-bond acceptors (Lipinski definition) is 7. The van der Waals surface area contributed by atoms with E-state index >= 15 is 0 Å². The van der Waals surface area contributed by atoms with Gasteiger partial charge in [-0.2, -0.15) is 0 Å². The van der Waals surface area contributed by atoms with Crippen LogP contribution >= 0.6 is 0 Å². The van der Waals surface area contributed by atoms with Crippen molar-refractivity contribution < 1.29 is 29.4 Å². The molecule has 2 aromatic carbocycles. The first kappa shape index (κ1) is 31.4. The lowest BCUT2D eigenvalue weighted by Crippen LogP contribution is -2.57. The van der Waals surface area contributed by atoms with Crippen LogP contribution in [0.2, 0.25) is 0 Å². The summed E-state index contributed by atoms with van der Waals surface area (Å²) in [5, 5.41) is 28.0. The summed E-state index contributed by atoms with van der Waals surface area (Å²) in [5.74, 6) is -3.36. The Morgan fingerprint density at radius 2 is 1.55 bits per heavy atom. The molecule has 0 bridgehead atoms. The zero-order valence-corrected chi connectivity index (χ0v) is 22.9. The third kappa shape index (κ3) is 9.23. The summed E-state index contributed by atoms with van der Waals surface area (Å²) >= 11 is 0. The van der Waals surface area contributed by atoms with Gasteiger partial charge in [0, 0.05) is 36.5 Å². The molecule has 3 unspecified atom stereocenters. The Morgan fingerprint density at radius 3 is 2.21 bits per heavy atom. The molecule has 12 N–H and O–H groups in total. The zero-order valence-electron chi connectivity index (χ0n) is 22.9. The fourth-order valence-electron chi connectivity index (χ4n) is 4.37. The van der Waals surface area contributed by atoms with Crippen LogP contribution < -0.4 is 33.2 Å². The van der Waals surface area contributed by atoms with Gasteiger partial charge in [-0.3, -0.25) is 19.4 Å². The summed E-state index contributed by atoms with van der Waals surface area (Å²) in [7, 11) is 0. The molecule has 0 saturated heterocycles. The van der Waals surface area contributed by atoms with Crippen molar-refractivity contribution in [1.29, 1.82) is 0 Å². The van der Waals surface area contributed by atoms with E-state index in [1.54, 1.807) is 18.3 Å². The minimum Gasteiger partial charge on any atom is -0.508 e. The first-order valence-electron chi connectivity index (χ1n) is 13.3. The van der Waals surface area contributed by atoms with Gasteiger partial charge < -0.3 is 48.3 Å². The highest BCUT2D eigenvalue weighted by molar-refractivity contribution is 5.94. The number of carboxylic acid groups (broad SMARTS) is 1. The summed E-state index contributed by atoms with van der Waals surface area (Å²) < 4.78 is 0. The lowest BCUT2D eigenvalue weighted by molar-refractivity contribution is -0.142. The number of guanidine groups is 1. The van der Waals surface area contributed by atoms with E-state index < -0.39 is 41.8 Å². The highest BCUT2D eigenvalue weighted by Gasteiger charge is 2.30. The number of phenolic OH excluding ortho intramolecular Hbond substituents is 1. The van der Waals surface area contributed by atoms with Crippen molar-refractivity contribution >= 4 is 40.6 Å². The van der Waals surface area contributed by atoms with E-state index in [4.69, 9.17) is 17.2 Å². The molecule has 224 valence electrons. The quantitative estimate of drug-likeness (QED) is 0.0619. The number of carbonyl (C=O) groups is 4. The van der Waals surface area contributed by atoms with Crippen LogP contribution in [0.25, 0.3) is 10.9 Å². The summed E-state index contributed by atoms with van der Waals surface area (Å²) in [6.07, 6.45) is 2.09. The molecule has 14 nitrogen and oxygen atoms in total. The van der Waals surface area contributed by atoms with Gasteiger partial charge in [0.15, 0.2) is 5.96 Å². The third-order valence-electron chi connectivity index (χ3n) is 6.51. The Kier molecular flexibility index (Phi) is 11.3.